The van der Waals surface area contributed by atoms with E-state index in [2.05, 4.69) is 10.3 Å². The zero-order chi connectivity index (χ0) is 13.8. The van der Waals surface area contributed by atoms with Crippen LogP contribution >= 0.6 is 0 Å². The largest absolute Gasteiger partial charge is 0.478 e. The summed E-state index contributed by atoms with van der Waals surface area (Å²) in [5.41, 5.74) is 7.93. The molecule has 19 heavy (non-hydrogen) atoms. The number of nitrogens with two attached hydrogens (primary N) is 1. The van der Waals surface area contributed by atoms with E-state index >= 15 is 0 Å². The Morgan fingerprint density at radius 3 is 2.63 bits per heavy atom. The Kier molecular flexibility index (Phi) is 3.88. The van der Waals surface area contributed by atoms with E-state index in [1.807, 2.05) is 0 Å². The third-order valence-corrected chi connectivity index (χ3v) is 2.68. The molecule has 7 nitrogen and oxygen atoms in total. The summed E-state index contributed by atoms with van der Waals surface area (Å²) in [6.45, 7) is 0.603. The number of rotatable bonds is 5. The summed E-state index contributed by atoms with van der Waals surface area (Å²) >= 11 is 0. The summed E-state index contributed by atoms with van der Waals surface area (Å²) in [5.74, 6) is -0.968. The molecule has 3 N–H and O–H groups in total. The molecule has 2 rings (SSSR count). The van der Waals surface area contributed by atoms with E-state index in [0.717, 1.165) is 5.69 Å². The monoisotopic (exact) mass is 262 g/mol. The highest BCUT2D eigenvalue weighted by molar-refractivity contribution is 5.87. The van der Waals surface area contributed by atoms with Crippen molar-refractivity contribution in [3.63, 3.8) is 0 Å². The van der Waals surface area contributed by atoms with E-state index in [9.17, 15) is 4.79 Å². The van der Waals surface area contributed by atoms with Crippen LogP contribution in [-0.2, 0) is 17.9 Å². The van der Waals surface area contributed by atoms with Crippen LogP contribution in [0.4, 0.5) is 0 Å². The van der Waals surface area contributed by atoms with Crippen molar-refractivity contribution >= 4 is 5.97 Å². The maximum Gasteiger partial charge on any atom is 0.335 e. The maximum atomic E-state index is 10.8. The highest BCUT2D eigenvalue weighted by Gasteiger charge is 2.13. The van der Waals surface area contributed by atoms with E-state index in [0.29, 0.717) is 18.0 Å². The number of carboxylic acid groups (broad SMARTS) is 1. The fraction of sp³-hybridized carbons (Fsp3) is 0.250. The van der Waals surface area contributed by atoms with Crippen LogP contribution in [0.5, 0.6) is 0 Å². The van der Waals surface area contributed by atoms with E-state index < -0.39 is 5.97 Å². The van der Waals surface area contributed by atoms with E-state index in [1.165, 1.54) is 12.1 Å². The molecule has 0 aliphatic carbocycles. The van der Waals surface area contributed by atoms with Crippen molar-refractivity contribution in [2.24, 2.45) is 5.73 Å². The van der Waals surface area contributed by atoms with Gasteiger partial charge in [0.2, 0.25) is 0 Å². The molecular weight excluding hydrogens is 248 g/mol. The molecule has 0 fully saturated rings. The second kappa shape index (κ2) is 5.59. The number of benzene rings is 1. The predicted octanol–water partition coefficient (Wildman–Crippen LogP) is 0.571. The number of carbonyl (C=O) groups is 1. The number of aromatic nitrogens is 3. The smallest absolute Gasteiger partial charge is 0.335 e. The molecule has 2 aromatic rings. The van der Waals surface area contributed by atoms with E-state index in [-0.39, 0.29) is 12.1 Å². The molecule has 0 aliphatic rings. The zero-order valence-corrected chi connectivity index (χ0v) is 10.4. The van der Waals surface area contributed by atoms with Crippen molar-refractivity contribution in [3.8, 4) is 5.69 Å². The number of aromatic carboxylic acids is 1. The van der Waals surface area contributed by atoms with Crippen LogP contribution in [0.2, 0.25) is 0 Å². The minimum Gasteiger partial charge on any atom is -0.478 e. The fourth-order valence-electron chi connectivity index (χ4n) is 1.73. The standard InChI is InChI=1S/C12H14N4O3/c1-19-7-11-10(6-13)14-15-16(11)9-4-2-8(3-5-9)12(17)18/h2-5H,6-7,13H2,1H3,(H,17,18). The first-order valence-corrected chi connectivity index (χ1v) is 5.63. The normalized spacial score (nSPS) is 10.6. The van der Waals surface area contributed by atoms with Gasteiger partial charge in [0, 0.05) is 13.7 Å². The lowest BCUT2D eigenvalue weighted by Gasteiger charge is -2.07. The second-order valence-corrected chi connectivity index (χ2v) is 3.88. The number of hydrogen-bond acceptors (Lipinski definition) is 5. The van der Waals surface area contributed by atoms with Gasteiger partial charge in [-0.2, -0.15) is 0 Å². The molecule has 1 heterocycles. The van der Waals surface area contributed by atoms with Gasteiger partial charge in [0.15, 0.2) is 0 Å². The van der Waals surface area contributed by atoms with Crippen molar-refractivity contribution in [2.45, 2.75) is 13.2 Å². The van der Waals surface area contributed by atoms with Gasteiger partial charge in [-0.1, -0.05) is 5.21 Å². The topological polar surface area (TPSA) is 103 Å². The van der Waals surface area contributed by atoms with Gasteiger partial charge in [0.25, 0.3) is 0 Å². The number of ether oxygens (including phenoxy) is 1. The second-order valence-electron chi connectivity index (χ2n) is 3.88. The van der Waals surface area contributed by atoms with Crippen molar-refractivity contribution in [2.75, 3.05) is 7.11 Å². The molecule has 7 heteroatoms. The number of methoxy groups -OCH3 is 1. The number of hydrogen-bond donors (Lipinski definition) is 2. The highest BCUT2D eigenvalue weighted by atomic mass is 16.5. The molecular formula is C12H14N4O3. The average Bonchev–Trinajstić information content (AvgIpc) is 2.82. The molecule has 1 aromatic heterocycles. The predicted molar refractivity (Wildman–Crippen MR) is 66.9 cm³/mol. The zero-order valence-electron chi connectivity index (χ0n) is 10.4. The summed E-state index contributed by atoms with van der Waals surface area (Å²) < 4.78 is 6.70. The van der Waals surface area contributed by atoms with Crippen molar-refractivity contribution in [1.29, 1.82) is 0 Å². The van der Waals surface area contributed by atoms with Crippen molar-refractivity contribution in [3.05, 3.63) is 41.2 Å². The summed E-state index contributed by atoms with van der Waals surface area (Å²) in [7, 11) is 1.57. The molecule has 0 atom stereocenters. The first-order chi connectivity index (χ1) is 9.17. The lowest BCUT2D eigenvalue weighted by molar-refractivity contribution is 0.0697. The summed E-state index contributed by atoms with van der Waals surface area (Å²) in [4.78, 5) is 10.8. The van der Waals surface area contributed by atoms with Crippen LogP contribution < -0.4 is 5.73 Å². The molecule has 0 unspecified atom stereocenters. The van der Waals surface area contributed by atoms with Gasteiger partial charge in [-0.3, -0.25) is 0 Å². The highest BCUT2D eigenvalue weighted by Crippen LogP contribution is 2.14. The minimum atomic E-state index is -0.968. The molecule has 0 amide bonds. The van der Waals surface area contributed by atoms with Crippen LogP contribution in [-0.4, -0.2) is 33.2 Å². The first kappa shape index (κ1) is 13.2. The maximum absolute atomic E-state index is 10.8. The number of nitrogens with zero attached hydrogens (tertiary/aromatic N) is 3. The quantitative estimate of drug-likeness (QED) is 0.816. The van der Waals surface area contributed by atoms with Crippen LogP contribution in [0.3, 0.4) is 0 Å². The molecule has 0 bridgehead atoms. The van der Waals surface area contributed by atoms with E-state index in [4.69, 9.17) is 15.6 Å². The molecule has 1 aromatic carbocycles. The Labute approximate surface area is 109 Å². The molecule has 0 radical (unpaired) electrons. The lowest BCUT2D eigenvalue weighted by atomic mass is 10.2. The summed E-state index contributed by atoms with van der Waals surface area (Å²) in [6.07, 6.45) is 0. The van der Waals surface area contributed by atoms with Gasteiger partial charge in [-0.05, 0) is 24.3 Å². The summed E-state index contributed by atoms with van der Waals surface area (Å²) in [6, 6.07) is 6.35. The third-order valence-electron chi connectivity index (χ3n) is 2.68. The Morgan fingerprint density at radius 2 is 2.11 bits per heavy atom. The Morgan fingerprint density at radius 1 is 1.42 bits per heavy atom. The van der Waals surface area contributed by atoms with Crippen LogP contribution in [0, 0.1) is 0 Å². The Balaban J connectivity index is 2.40. The third kappa shape index (κ3) is 2.61. The van der Waals surface area contributed by atoms with E-state index in [1.54, 1.807) is 23.9 Å². The van der Waals surface area contributed by atoms with Crippen LogP contribution in [0.15, 0.2) is 24.3 Å². The molecule has 0 saturated carbocycles. The number of carboxylic acids is 1. The molecule has 0 aliphatic heterocycles. The molecule has 100 valence electrons. The van der Waals surface area contributed by atoms with Gasteiger partial charge in [0.05, 0.1) is 23.6 Å². The summed E-state index contributed by atoms with van der Waals surface area (Å²) in [5, 5.41) is 16.8. The van der Waals surface area contributed by atoms with Gasteiger partial charge < -0.3 is 15.6 Å². The van der Waals surface area contributed by atoms with Gasteiger partial charge in [-0.25, -0.2) is 9.48 Å². The first-order valence-electron chi connectivity index (χ1n) is 5.63. The fourth-order valence-corrected chi connectivity index (χ4v) is 1.73. The van der Waals surface area contributed by atoms with Crippen LogP contribution in [0.25, 0.3) is 5.69 Å². The Bertz CT molecular complexity index is 577. The van der Waals surface area contributed by atoms with Gasteiger partial charge in [0.1, 0.15) is 5.69 Å². The SMILES string of the molecule is COCc1c(CN)nnn1-c1ccc(C(=O)O)cc1. The van der Waals surface area contributed by atoms with Crippen molar-refractivity contribution < 1.29 is 14.6 Å². The van der Waals surface area contributed by atoms with Gasteiger partial charge >= 0.3 is 5.97 Å². The Hall–Kier alpha value is -2.25. The molecule has 0 spiro atoms. The molecule has 0 saturated heterocycles. The van der Waals surface area contributed by atoms with Crippen LogP contribution in [0.1, 0.15) is 21.7 Å². The van der Waals surface area contributed by atoms with Gasteiger partial charge in [-0.15, -0.1) is 5.10 Å². The minimum absolute atomic E-state index is 0.219. The average molecular weight is 262 g/mol. The lowest BCUT2D eigenvalue weighted by Crippen LogP contribution is -2.07. The van der Waals surface area contributed by atoms with Crippen molar-refractivity contribution in [1.82, 2.24) is 15.0 Å².